The number of rotatable bonds is 5. The Balaban J connectivity index is 1.22. The highest BCUT2D eigenvalue weighted by molar-refractivity contribution is 5.94. The lowest BCUT2D eigenvalue weighted by molar-refractivity contribution is -0.133. The zero-order valence-corrected chi connectivity index (χ0v) is 20.7. The molecule has 2 saturated heterocycles. The van der Waals surface area contributed by atoms with E-state index in [1.807, 2.05) is 13.8 Å². The van der Waals surface area contributed by atoms with Crippen molar-refractivity contribution in [1.82, 2.24) is 19.6 Å². The summed E-state index contributed by atoms with van der Waals surface area (Å²) in [6.07, 6.45) is 3.05. The maximum absolute atomic E-state index is 13.9. The molecule has 0 N–H and O–H groups in total. The smallest absolute Gasteiger partial charge is 0.274 e. The van der Waals surface area contributed by atoms with Crippen molar-refractivity contribution < 1.29 is 27.8 Å². The molecule has 10 heteroatoms. The van der Waals surface area contributed by atoms with Crippen molar-refractivity contribution >= 4 is 11.8 Å². The summed E-state index contributed by atoms with van der Waals surface area (Å²) in [7, 11) is 0. The molecule has 2 fully saturated rings. The van der Waals surface area contributed by atoms with Crippen LogP contribution in [-0.2, 0) is 28.9 Å². The van der Waals surface area contributed by atoms with Gasteiger partial charge in [-0.3, -0.25) is 14.3 Å². The van der Waals surface area contributed by atoms with Gasteiger partial charge in [0, 0.05) is 50.3 Å². The number of hydrogen-bond acceptors (Lipinski definition) is 5. The zero-order valence-electron chi connectivity index (χ0n) is 20.7. The summed E-state index contributed by atoms with van der Waals surface area (Å²) in [4.78, 5) is 29.9. The molecule has 0 bridgehead atoms. The quantitative estimate of drug-likeness (QED) is 0.629. The summed E-state index contributed by atoms with van der Waals surface area (Å²) >= 11 is 0. The second kappa shape index (κ2) is 10.2. The van der Waals surface area contributed by atoms with Crippen molar-refractivity contribution in [2.24, 2.45) is 0 Å². The van der Waals surface area contributed by atoms with Gasteiger partial charge < -0.3 is 19.3 Å². The average molecular weight is 503 g/mol. The molecule has 194 valence electrons. The van der Waals surface area contributed by atoms with Crippen LogP contribution in [0.4, 0.5) is 8.78 Å². The number of likely N-dealkylation sites (tertiary alicyclic amines) is 1. The molecule has 3 heterocycles. The first kappa shape index (κ1) is 24.7. The Morgan fingerprint density at radius 2 is 1.72 bits per heavy atom. The monoisotopic (exact) mass is 502 g/mol. The van der Waals surface area contributed by atoms with Gasteiger partial charge in [0.15, 0.2) is 23.1 Å². The van der Waals surface area contributed by atoms with Crippen LogP contribution in [-0.4, -0.2) is 75.9 Å². The number of amides is 2. The fraction of sp³-hybridized carbons (Fsp3) is 0.577. The van der Waals surface area contributed by atoms with Gasteiger partial charge in [0.25, 0.3) is 5.91 Å². The summed E-state index contributed by atoms with van der Waals surface area (Å²) in [5, 5.41) is 4.61. The van der Waals surface area contributed by atoms with E-state index >= 15 is 0 Å². The number of ether oxygens (including phenoxy) is 2. The van der Waals surface area contributed by atoms with Crippen LogP contribution in [0.3, 0.4) is 0 Å². The number of hydrogen-bond donors (Lipinski definition) is 0. The Labute approximate surface area is 209 Å². The molecule has 5 rings (SSSR count). The van der Waals surface area contributed by atoms with Crippen molar-refractivity contribution in [1.29, 1.82) is 0 Å². The molecule has 1 aliphatic carbocycles. The number of fused-ring (bicyclic) bond motifs is 1. The standard InChI is InChI=1S/C26H32F2N4O4/c1-16-13-31(14-17(2)35-16)26(34)24-19-5-3-8-22(19)32(29-24)15-23(33)30-11-9-18(10-12-30)36-25-20(27)6-4-7-21(25)28/h4,6-7,16-18H,3,5,8-15H2,1-2H3/t16-,17+. The molecule has 2 aliphatic heterocycles. The van der Waals surface area contributed by atoms with E-state index in [0.717, 1.165) is 30.5 Å². The third kappa shape index (κ3) is 4.96. The normalized spacial score (nSPS) is 22.6. The molecule has 0 saturated carbocycles. The maximum Gasteiger partial charge on any atom is 0.274 e. The largest absolute Gasteiger partial charge is 0.484 e. The minimum Gasteiger partial charge on any atom is -0.484 e. The van der Waals surface area contributed by atoms with Gasteiger partial charge in [-0.15, -0.1) is 0 Å². The van der Waals surface area contributed by atoms with Gasteiger partial charge in [-0.05, 0) is 45.2 Å². The third-order valence-electron chi connectivity index (χ3n) is 7.20. The Morgan fingerprint density at radius 3 is 2.39 bits per heavy atom. The van der Waals surface area contributed by atoms with Crippen LogP contribution in [0.25, 0.3) is 0 Å². The molecule has 2 aromatic rings. The third-order valence-corrected chi connectivity index (χ3v) is 7.20. The number of para-hydroxylation sites is 1. The number of nitrogens with zero attached hydrogens (tertiary/aromatic N) is 4. The van der Waals surface area contributed by atoms with E-state index in [0.29, 0.717) is 44.7 Å². The predicted octanol–water partition coefficient (Wildman–Crippen LogP) is 2.97. The van der Waals surface area contributed by atoms with E-state index in [1.165, 1.54) is 18.2 Å². The molecular weight excluding hydrogens is 470 g/mol. The van der Waals surface area contributed by atoms with Crippen LogP contribution in [0.1, 0.15) is 54.9 Å². The molecule has 8 nitrogen and oxygen atoms in total. The van der Waals surface area contributed by atoms with Gasteiger partial charge in [-0.1, -0.05) is 6.07 Å². The van der Waals surface area contributed by atoms with Crippen molar-refractivity contribution in [2.45, 2.75) is 70.8 Å². The molecule has 1 aromatic heterocycles. The topological polar surface area (TPSA) is 76.9 Å². The van der Waals surface area contributed by atoms with E-state index in [2.05, 4.69) is 5.10 Å². The Morgan fingerprint density at radius 1 is 1.06 bits per heavy atom. The SMILES string of the molecule is C[C@@H]1CN(C(=O)c2nn(CC(=O)N3CCC(Oc4c(F)cccc4F)CC3)c3c2CCC3)C[C@H](C)O1. The van der Waals surface area contributed by atoms with Crippen LogP contribution < -0.4 is 4.74 Å². The van der Waals surface area contributed by atoms with Gasteiger partial charge in [-0.25, -0.2) is 8.78 Å². The molecule has 2 amide bonds. The zero-order chi connectivity index (χ0) is 25.4. The first-order valence-corrected chi connectivity index (χ1v) is 12.7. The molecule has 2 atom stereocenters. The first-order chi connectivity index (χ1) is 17.3. The van der Waals surface area contributed by atoms with E-state index in [4.69, 9.17) is 9.47 Å². The average Bonchev–Trinajstić information content (AvgIpc) is 3.45. The number of carbonyl (C=O) groups excluding carboxylic acids is 2. The van der Waals surface area contributed by atoms with Gasteiger partial charge in [0.2, 0.25) is 5.91 Å². The Hall–Kier alpha value is -3.01. The molecule has 3 aliphatic rings. The summed E-state index contributed by atoms with van der Waals surface area (Å²) in [6, 6.07) is 3.63. The fourth-order valence-corrected chi connectivity index (χ4v) is 5.52. The van der Waals surface area contributed by atoms with E-state index in [9.17, 15) is 18.4 Å². The first-order valence-electron chi connectivity index (χ1n) is 12.7. The highest BCUT2D eigenvalue weighted by atomic mass is 19.1. The van der Waals surface area contributed by atoms with Gasteiger partial charge in [0.1, 0.15) is 12.6 Å². The van der Waals surface area contributed by atoms with Gasteiger partial charge in [-0.2, -0.15) is 5.10 Å². The number of halogens is 2. The van der Waals surface area contributed by atoms with Crippen molar-refractivity contribution in [3.63, 3.8) is 0 Å². The lowest BCUT2D eigenvalue weighted by Crippen LogP contribution is -2.48. The fourth-order valence-electron chi connectivity index (χ4n) is 5.52. The number of morpholine rings is 1. The van der Waals surface area contributed by atoms with Crippen molar-refractivity contribution in [3.8, 4) is 5.75 Å². The highest BCUT2D eigenvalue weighted by Gasteiger charge is 2.34. The van der Waals surface area contributed by atoms with Gasteiger partial charge >= 0.3 is 0 Å². The van der Waals surface area contributed by atoms with Crippen LogP contribution in [0.15, 0.2) is 18.2 Å². The summed E-state index contributed by atoms with van der Waals surface area (Å²) in [6.45, 7) is 5.89. The Kier molecular flexibility index (Phi) is 6.96. The lowest BCUT2D eigenvalue weighted by atomic mass is 10.1. The number of piperidine rings is 1. The summed E-state index contributed by atoms with van der Waals surface area (Å²) < 4.78 is 40.8. The molecular formula is C26H32F2N4O4. The second-order valence-electron chi connectivity index (χ2n) is 10.0. The molecule has 0 spiro atoms. The van der Waals surface area contributed by atoms with Crippen LogP contribution in [0.5, 0.6) is 5.75 Å². The molecule has 36 heavy (non-hydrogen) atoms. The molecule has 0 unspecified atom stereocenters. The van der Waals surface area contributed by atoms with Gasteiger partial charge in [0.05, 0.1) is 12.2 Å². The highest BCUT2D eigenvalue weighted by Crippen LogP contribution is 2.28. The number of carbonyl (C=O) groups is 2. The summed E-state index contributed by atoms with van der Waals surface area (Å²) in [5.74, 6) is -2.01. The van der Waals surface area contributed by atoms with E-state index in [1.54, 1.807) is 14.5 Å². The second-order valence-corrected chi connectivity index (χ2v) is 10.0. The molecule has 0 radical (unpaired) electrons. The molecule has 1 aromatic carbocycles. The minimum absolute atomic E-state index is 0.0313. The van der Waals surface area contributed by atoms with Crippen LogP contribution >= 0.6 is 0 Å². The number of aromatic nitrogens is 2. The number of benzene rings is 1. The maximum atomic E-state index is 13.9. The van der Waals surface area contributed by atoms with Crippen molar-refractivity contribution in [2.75, 3.05) is 26.2 Å². The van der Waals surface area contributed by atoms with Crippen LogP contribution in [0.2, 0.25) is 0 Å². The van der Waals surface area contributed by atoms with Crippen LogP contribution in [0, 0.1) is 11.6 Å². The van der Waals surface area contributed by atoms with Crippen molar-refractivity contribution in [3.05, 3.63) is 46.8 Å². The Bertz CT molecular complexity index is 1110. The lowest BCUT2D eigenvalue weighted by Gasteiger charge is -2.35. The van der Waals surface area contributed by atoms with E-state index < -0.39 is 11.6 Å². The minimum atomic E-state index is -0.729. The van der Waals surface area contributed by atoms with E-state index in [-0.39, 0.29) is 42.4 Å². The summed E-state index contributed by atoms with van der Waals surface area (Å²) in [5.41, 5.74) is 2.38. The predicted molar refractivity (Wildman–Crippen MR) is 127 cm³/mol.